The molecule has 1 N–H and O–H groups in total. The number of thiophene rings is 1. The number of ether oxygens (including phenoxy) is 1. The summed E-state index contributed by atoms with van der Waals surface area (Å²) in [5.74, 6) is 0.232. The van der Waals surface area contributed by atoms with Crippen molar-refractivity contribution in [2.45, 2.75) is 24.0 Å². The highest BCUT2D eigenvalue weighted by Crippen LogP contribution is 2.29. The van der Waals surface area contributed by atoms with Crippen molar-refractivity contribution in [3.63, 3.8) is 0 Å². The Balaban J connectivity index is 1.42. The van der Waals surface area contributed by atoms with Gasteiger partial charge in [-0.25, -0.2) is 13.4 Å². The van der Waals surface area contributed by atoms with Crippen molar-refractivity contribution in [3.8, 4) is 11.6 Å². The molecule has 4 rings (SSSR count). The molecule has 1 aliphatic heterocycles. The number of rotatable bonds is 6. The van der Waals surface area contributed by atoms with Crippen LogP contribution in [0.15, 0.2) is 59.2 Å². The topological polar surface area (TPSA) is 101 Å². The van der Waals surface area contributed by atoms with Crippen molar-refractivity contribution in [3.05, 3.63) is 59.9 Å². The van der Waals surface area contributed by atoms with Crippen LogP contribution in [0.5, 0.6) is 11.6 Å². The highest BCUT2D eigenvalue weighted by Gasteiger charge is 2.34. The summed E-state index contributed by atoms with van der Waals surface area (Å²) in [6.45, 7) is 2.46. The third kappa shape index (κ3) is 5.09. The lowest BCUT2D eigenvalue weighted by Crippen LogP contribution is -2.43. The van der Waals surface area contributed by atoms with Gasteiger partial charge in [0, 0.05) is 42.1 Å². The van der Waals surface area contributed by atoms with Gasteiger partial charge in [-0.15, -0.1) is 11.3 Å². The summed E-state index contributed by atoms with van der Waals surface area (Å²) in [6.07, 6.45) is 5.85. The second-order valence-electron chi connectivity index (χ2n) is 7.23. The van der Waals surface area contributed by atoms with Crippen LogP contribution in [0.3, 0.4) is 0 Å². The zero-order valence-corrected chi connectivity index (χ0v) is 18.5. The molecule has 162 valence electrons. The van der Waals surface area contributed by atoms with E-state index in [1.165, 1.54) is 28.0 Å². The Kier molecular flexibility index (Phi) is 6.30. The fourth-order valence-corrected chi connectivity index (χ4v) is 6.35. The number of sulfonamides is 1. The maximum absolute atomic E-state index is 12.9. The number of hydrogen-bond acceptors (Lipinski definition) is 7. The van der Waals surface area contributed by atoms with Crippen LogP contribution in [0.4, 0.5) is 5.69 Å². The van der Waals surface area contributed by atoms with Crippen molar-refractivity contribution in [1.82, 2.24) is 14.3 Å². The second-order valence-corrected chi connectivity index (χ2v) is 10.7. The number of piperidine rings is 1. The van der Waals surface area contributed by atoms with Crippen molar-refractivity contribution in [1.29, 1.82) is 0 Å². The summed E-state index contributed by atoms with van der Waals surface area (Å²) < 4.78 is 33.2. The molecule has 1 aromatic carbocycles. The number of anilines is 1. The lowest BCUT2D eigenvalue weighted by Gasteiger charge is -2.30. The van der Waals surface area contributed by atoms with Crippen molar-refractivity contribution in [2.24, 2.45) is 5.92 Å². The van der Waals surface area contributed by atoms with Crippen LogP contribution in [0, 0.1) is 12.8 Å². The van der Waals surface area contributed by atoms with Crippen LogP contribution >= 0.6 is 11.3 Å². The summed E-state index contributed by atoms with van der Waals surface area (Å²) >= 11 is 1.25. The number of aromatic nitrogens is 2. The van der Waals surface area contributed by atoms with Crippen LogP contribution in [-0.2, 0) is 14.8 Å². The smallest absolute Gasteiger partial charge is 0.252 e. The average Bonchev–Trinajstić information content (AvgIpc) is 3.22. The summed E-state index contributed by atoms with van der Waals surface area (Å²) in [5.41, 5.74) is 0.570. The molecule has 0 spiro atoms. The molecule has 3 heterocycles. The number of carbonyl (C=O) groups is 1. The van der Waals surface area contributed by atoms with Gasteiger partial charge in [0.05, 0.1) is 12.1 Å². The van der Waals surface area contributed by atoms with Gasteiger partial charge in [0.1, 0.15) is 9.96 Å². The van der Waals surface area contributed by atoms with E-state index in [9.17, 15) is 13.2 Å². The molecule has 0 bridgehead atoms. The van der Waals surface area contributed by atoms with Gasteiger partial charge in [-0.1, -0.05) is 6.07 Å². The van der Waals surface area contributed by atoms with Crippen LogP contribution in [0.25, 0.3) is 0 Å². The van der Waals surface area contributed by atoms with Crippen LogP contribution in [0.2, 0.25) is 0 Å². The van der Waals surface area contributed by atoms with Crippen LogP contribution < -0.4 is 10.1 Å². The monoisotopic (exact) mass is 458 g/mol. The van der Waals surface area contributed by atoms with Gasteiger partial charge in [0.15, 0.2) is 0 Å². The SMILES string of the molecule is Cc1ccc(S(=O)(=O)N2CCCC(C(=O)Nc3cccc(Oc4cnccn4)c3)C2)s1. The number of nitrogens with one attached hydrogen (secondary N) is 1. The van der Waals surface area contributed by atoms with E-state index < -0.39 is 15.9 Å². The Labute approximate surface area is 185 Å². The predicted molar refractivity (Wildman–Crippen MR) is 118 cm³/mol. The molecule has 1 aliphatic rings. The Morgan fingerprint density at radius 1 is 1.26 bits per heavy atom. The first-order valence-electron chi connectivity index (χ1n) is 9.83. The fourth-order valence-electron chi connectivity index (χ4n) is 3.39. The Bertz CT molecular complexity index is 1160. The molecular weight excluding hydrogens is 436 g/mol. The van der Waals surface area contributed by atoms with Crippen LogP contribution in [-0.4, -0.2) is 41.7 Å². The molecule has 0 aliphatic carbocycles. The lowest BCUT2D eigenvalue weighted by molar-refractivity contribution is -0.120. The van der Waals surface area contributed by atoms with Crippen LogP contribution in [0.1, 0.15) is 17.7 Å². The largest absolute Gasteiger partial charge is 0.437 e. The molecule has 1 saturated heterocycles. The molecule has 3 aromatic rings. The highest BCUT2D eigenvalue weighted by atomic mass is 32.2. The molecule has 0 saturated carbocycles. The van der Waals surface area contributed by atoms with E-state index in [2.05, 4.69) is 15.3 Å². The molecule has 1 amide bonds. The Hall–Kier alpha value is -2.82. The van der Waals surface area contributed by atoms with Gasteiger partial charge in [0.2, 0.25) is 11.8 Å². The standard InChI is InChI=1S/C21H22N4O4S2/c1-15-7-8-20(30-15)31(27,28)25-11-3-4-16(14-25)21(26)24-17-5-2-6-18(12-17)29-19-13-22-9-10-23-19/h2,5-10,12-13,16H,3-4,11,14H2,1H3,(H,24,26). The number of nitrogens with zero attached hydrogens (tertiary/aromatic N) is 3. The molecule has 2 aromatic heterocycles. The number of hydrogen-bond donors (Lipinski definition) is 1. The van der Waals surface area contributed by atoms with Gasteiger partial charge in [-0.3, -0.25) is 9.78 Å². The highest BCUT2D eigenvalue weighted by molar-refractivity contribution is 7.91. The first kappa shape index (κ1) is 21.4. The Morgan fingerprint density at radius 3 is 2.87 bits per heavy atom. The van der Waals surface area contributed by atoms with E-state index in [4.69, 9.17) is 4.74 Å². The summed E-state index contributed by atoms with van der Waals surface area (Å²) in [4.78, 5) is 21.8. The van der Waals surface area contributed by atoms with Crippen molar-refractivity contribution in [2.75, 3.05) is 18.4 Å². The minimum Gasteiger partial charge on any atom is -0.437 e. The Morgan fingerprint density at radius 2 is 2.13 bits per heavy atom. The van der Waals surface area contributed by atoms with Crippen molar-refractivity contribution < 1.29 is 17.9 Å². The van der Waals surface area contributed by atoms with E-state index >= 15 is 0 Å². The minimum absolute atomic E-state index is 0.168. The third-order valence-electron chi connectivity index (χ3n) is 4.93. The first-order valence-corrected chi connectivity index (χ1v) is 12.1. The lowest BCUT2D eigenvalue weighted by atomic mass is 9.98. The van der Waals surface area contributed by atoms with Gasteiger partial charge in [-0.2, -0.15) is 4.31 Å². The zero-order chi connectivity index (χ0) is 21.8. The zero-order valence-electron chi connectivity index (χ0n) is 16.9. The van der Waals surface area contributed by atoms with E-state index in [0.29, 0.717) is 40.9 Å². The van der Waals surface area contributed by atoms with Gasteiger partial charge in [0.25, 0.3) is 10.0 Å². The van der Waals surface area contributed by atoms with E-state index in [1.54, 1.807) is 42.6 Å². The number of aryl methyl sites for hydroxylation is 1. The van der Waals surface area contributed by atoms with E-state index in [-0.39, 0.29) is 12.5 Å². The second kappa shape index (κ2) is 9.13. The first-order chi connectivity index (χ1) is 14.9. The number of benzene rings is 1. The summed E-state index contributed by atoms with van der Waals surface area (Å²) in [6, 6.07) is 10.4. The maximum atomic E-state index is 12.9. The van der Waals surface area contributed by atoms with Crippen molar-refractivity contribution >= 4 is 33.0 Å². The molecule has 10 heteroatoms. The van der Waals surface area contributed by atoms with Gasteiger partial charge < -0.3 is 10.1 Å². The minimum atomic E-state index is -3.58. The average molecular weight is 459 g/mol. The molecular formula is C21H22N4O4S2. The number of amides is 1. The molecule has 8 nitrogen and oxygen atoms in total. The van der Waals surface area contributed by atoms with Gasteiger partial charge >= 0.3 is 0 Å². The van der Waals surface area contributed by atoms with E-state index in [1.807, 2.05) is 6.92 Å². The number of carbonyl (C=O) groups excluding carboxylic acids is 1. The fraction of sp³-hybridized carbons (Fsp3) is 0.286. The molecule has 1 atom stereocenters. The summed E-state index contributed by atoms with van der Waals surface area (Å²) in [5, 5.41) is 2.88. The maximum Gasteiger partial charge on any atom is 0.252 e. The normalized spacial score (nSPS) is 17.3. The molecule has 1 unspecified atom stereocenters. The molecule has 0 radical (unpaired) electrons. The molecule has 1 fully saturated rings. The quantitative estimate of drug-likeness (QED) is 0.605. The third-order valence-corrected chi connectivity index (χ3v) is 8.26. The predicted octanol–water partition coefficient (Wildman–Crippen LogP) is 3.68. The summed E-state index contributed by atoms with van der Waals surface area (Å²) in [7, 11) is -3.58. The van der Waals surface area contributed by atoms with E-state index in [0.717, 1.165) is 4.88 Å². The van der Waals surface area contributed by atoms with Gasteiger partial charge in [-0.05, 0) is 44.0 Å². The molecule has 31 heavy (non-hydrogen) atoms.